The van der Waals surface area contributed by atoms with E-state index in [0.29, 0.717) is 12.3 Å². The lowest BCUT2D eigenvalue weighted by molar-refractivity contribution is 0.256. The van der Waals surface area contributed by atoms with Gasteiger partial charge in [0.2, 0.25) is 0 Å². The maximum absolute atomic E-state index is 13.8. The minimum Gasteiger partial charge on any atom is -0.424 e. The van der Waals surface area contributed by atoms with Gasteiger partial charge in [0, 0.05) is 78.8 Å². The van der Waals surface area contributed by atoms with Crippen LogP contribution in [-0.2, 0) is 6.42 Å². The number of pyridine rings is 1. The van der Waals surface area contributed by atoms with Gasteiger partial charge >= 0.3 is 12.0 Å². The molecule has 2 aliphatic rings. The highest BCUT2D eigenvalue weighted by molar-refractivity contribution is 6.09. The monoisotopic (exact) mass is 545 g/mol. The topological polar surface area (TPSA) is 86.7 Å². The van der Waals surface area contributed by atoms with Gasteiger partial charge in [-0.3, -0.25) is 9.88 Å². The van der Waals surface area contributed by atoms with Crippen molar-refractivity contribution in [2.24, 2.45) is 0 Å². The highest BCUT2D eigenvalue weighted by Crippen LogP contribution is 2.37. The third-order valence-electron chi connectivity index (χ3n) is 7.99. The first-order chi connectivity index (χ1) is 20.1. The molecule has 206 valence electrons. The first-order valence-electron chi connectivity index (χ1n) is 14.0. The number of nitrogens with zero attached hydrogens (tertiary/aromatic N) is 6. The zero-order chi connectivity index (χ0) is 27.8. The zero-order valence-electron chi connectivity index (χ0n) is 23.0. The van der Waals surface area contributed by atoms with Crippen LogP contribution in [0.1, 0.15) is 12.0 Å². The van der Waals surface area contributed by atoms with Crippen molar-refractivity contribution in [2.75, 3.05) is 54.9 Å². The molecule has 0 saturated carbocycles. The fourth-order valence-corrected chi connectivity index (χ4v) is 5.84. The molecule has 1 fully saturated rings. The first-order valence-corrected chi connectivity index (χ1v) is 14.0. The van der Waals surface area contributed by atoms with Gasteiger partial charge in [0.05, 0.1) is 11.2 Å². The number of aromatic nitrogens is 3. The number of rotatable bonds is 4. The number of benzene rings is 3. The average Bonchev–Trinajstić information content (AvgIpc) is 3.01. The highest BCUT2D eigenvalue weighted by atomic mass is 16.5. The van der Waals surface area contributed by atoms with E-state index in [1.165, 1.54) is 5.69 Å². The van der Waals surface area contributed by atoms with Crippen LogP contribution in [0.4, 0.5) is 21.9 Å². The quantitative estimate of drug-likeness (QED) is 0.310. The number of likely N-dealkylation sites (N-methyl/N-ethyl adjacent to an activating group) is 1. The molecule has 0 bridgehead atoms. The van der Waals surface area contributed by atoms with Gasteiger partial charge in [-0.05, 0) is 61.9 Å². The van der Waals surface area contributed by atoms with Crippen molar-refractivity contribution < 1.29 is 9.53 Å². The number of hydrogen-bond donors (Lipinski definition) is 1. The van der Waals surface area contributed by atoms with Crippen LogP contribution < -0.4 is 19.9 Å². The highest BCUT2D eigenvalue weighted by Gasteiger charge is 2.26. The molecule has 2 aliphatic heterocycles. The number of carbonyl (C=O) groups excluding carboxylic acids is 1. The Labute approximate surface area is 238 Å². The predicted molar refractivity (Wildman–Crippen MR) is 162 cm³/mol. The predicted octanol–water partition coefficient (Wildman–Crippen LogP) is 5.71. The summed E-state index contributed by atoms with van der Waals surface area (Å²) in [7, 11) is 2.16. The van der Waals surface area contributed by atoms with Crippen LogP contribution in [0.3, 0.4) is 0 Å². The molecule has 4 heterocycles. The smallest absolute Gasteiger partial charge is 0.326 e. The van der Waals surface area contributed by atoms with Gasteiger partial charge in [-0.2, -0.15) is 0 Å². The number of anilines is 3. The van der Waals surface area contributed by atoms with Gasteiger partial charge in [-0.1, -0.05) is 24.3 Å². The molecule has 41 heavy (non-hydrogen) atoms. The maximum atomic E-state index is 13.8. The minimum absolute atomic E-state index is 0.152. The molecule has 1 saturated heterocycles. The molecule has 2 amide bonds. The molecular weight excluding hydrogens is 514 g/mol. The SMILES string of the molecule is CN1CCN(c2ccnc3cc4c(cc23)N(C(=O)Nc2cccc3c(Oc5ncccn5)cccc23)CCC4)CC1. The van der Waals surface area contributed by atoms with E-state index in [0.717, 1.165) is 77.6 Å². The maximum Gasteiger partial charge on any atom is 0.326 e. The molecule has 9 nitrogen and oxygen atoms in total. The van der Waals surface area contributed by atoms with Gasteiger partial charge in [-0.15, -0.1) is 0 Å². The second-order valence-corrected chi connectivity index (χ2v) is 10.6. The van der Waals surface area contributed by atoms with Crippen LogP contribution in [0.15, 0.2) is 79.3 Å². The van der Waals surface area contributed by atoms with Crippen molar-refractivity contribution in [1.82, 2.24) is 19.9 Å². The van der Waals surface area contributed by atoms with Crippen molar-refractivity contribution in [2.45, 2.75) is 12.8 Å². The van der Waals surface area contributed by atoms with E-state index in [1.807, 2.05) is 47.5 Å². The Balaban J connectivity index is 1.20. The molecule has 0 spiro atoms. The lowest BCUT2D eigenvalue weighted by atomic mass is 9.98. The molecule has 2 aromatic heterocycles. The van der Waals surface area contributed by atoms with E-state index in [-0.39, 0.29) is 12.0 Å². The summed E-state index contributed by atoms with van der Waals surface area (Å²) < 4.78 is 5.96. The molecule has 5 aromatic rings. The van der Waals surface area contributed by atoms with E-state index in [9.17, 15) is 4.79 Å². The molecule has 3 aromatic carbocycles. The summed E-state index contributed by atoms with van der Waals surface area (Å²) in [6, 6.07) is 19.9. The second kappa shape index (κ2) is 10.7. The van der Waals surface area contributed by atoms with Crippen molar-refractivity contribution in [3.8, 4) is 11.8 Å². The van der Waals surface area contributed by atoms with Crippen LogP contribution in [0.25, 0.3) is 21.7 Å². The molecule has 7 rings (SSSR count). The Bertz CT molecular complexity index is 1740. The molecule has 0 unspecified atom stereocenters. The van der Waals surface area contributed by atoms with Gasteiger partial charge in [0.15, 0.2) is 0 Å². The van der Waals surface area contributed by atoms with E-state index in [1.54, 1.807) is 18.5 Å². The zero-order valence-corrected chi connectivity index (χ0v) is 23.0. The Morgan fingerprint density at radius 2 is 1.61 bits per heavy atom. The van der Waals surface area contributed by atoms with Crippen LogP contribution in [0.5, 0.6) is 11.8 Å². The number of piperazine rings is 1. The van der Waals surface area contributed by atoms with E-state index in [4.69, 9.17) is 9.72 Å². The summed E-state index contributed by atoms with van der Waals surface area (Å²) in [5.74, 6) is 0.628. The molecule has 0 radical (unpaired) electrons. The van der Waals surface area contributed by atoms with Crippen LogP contribution >= 0.6 is 0 Å². The summed E-state index contributed by atoms with van der Waals surface area (Å²) in [5, 5.41) is 6.02. The lowest BCUT2D eigenvalue weighted by Crippen LogP contribution is -2.44. The number of ether oxygens (including phenoxy) is 1. The van der Waals surface area contributed by atoms with Crippen molar-refractivity contribution in [1.29, 1.82) is 0 Å². The molecule has 0 aliphatic carbocycles. The summed E-state index contributed by atoms with van der Waals surface area (Å²) in [6.07, 6.45) is 7.00. The van der Waals surface area contributed by atoms with Gasteiger partial charge in [-0.25, -0.2) is 14.8 Å². The number of nitrogens with one attached hydrogen (secondary N) is 1. The first kappa shape index (κ1) is 25.2. The normalized spacial score (nSPS) is 15.6. The summed E-state index contributed by atoms with van der Waals surface area (Å²) >= 11 is 0. The number of carbonyl (C=O) groups is 1. The molecular formula is C32H31N7O2. The van der Waals surface area contributed by atoms with Crippen LogP contribution in [-0.4, -0.2) is 65.7 Å². The van der Waals surface area contributed by atoms with Gasteiger partial charge in [0.1, 0.15) is 5.75 Å². The Hall–Kier alpha value is -4.76. The Morgan fingerprint density at radius 3 is 2.46 bits per heavy atom. The summed E-state index contributed by atoms with van der Waals surface area (Å²) in [4.78, 5) is 33.5. The molecule has 0 atom stereocenters. The number of hydrogen-bond acceptors (Lipinski definition) is 7. The summed E-state index contributed by atoms with van der Waals surface area (Å²) in [5.41, 5.74) is 4.99. The third-order valence-corrected chi connectivity index (χ3v) is 7.99. The van der Waals surface area contributed by atoms with Crippen LogP contribution in [0, 0.1) is 0 Å². The largest absolute Gasteiger partial charge is 0.424 e. The molecule has 9 heteroatoms. The fraction of sp³-hybridized carbons (Fsp3) is 0.250. The Kier molecular flexibility index (Phi) is 6.56. The summed E-state index contributed by atoms with van der Waals surface area (Å²) in [6.45, 7) is 4.65. The minimum atomic E-state index is -0.152. The van der Waals surface area contributed by atoms with E-state index >= 15 is 0 Å². The number of amides is 2. The van der Waals surface area contributed by atoms with Gasteiger partial charge in [0.25, 0.3) is 0 Å². The second-order valence-electron chi connectivity index (χ2n) is 10.6. The fourth-order valence-electron chi connectivity index (χ4n) is 5.84. The standard InChI is InChI=1S/C32H31N7O2/c1-37-16-18-38(19-17-37)28-11-14-33-27-20-22-6-4-15-39(29(22)21-25(27)28)32(40)36-26-9-2-8-24-23(26)7-3-10-30(24)41-31-34-12-5-13-35-31/h2-3,5,7-14,20-21H,4,6,15-19H2,1H3,(H,36,40). The van der Waals surface area contributed by atoms with Crippen molar-refractivity contribution >= 4 is 44.8 Å². The van der Waals surface area contributed by atoms with Crippen molar-refractivity contribution in [3.63, 3.8) is 0 Å². The number of fused-ring (bicyclic) bond motifs is 3. The van der Waals surface area contributed by atoms with E-state index in [2.05, 4.69) is 50.3 Å². The molecule has 1 N–H and O–H groups in total. The number of aryl methyl sites for hydroxylation is 1. The van der Waals surface area contributed by atoms with Crippen LogP contribution in [0.2, 0.25) is 0 Å². The van der Waals surface area contributed by atoms with Gasteiger partial charge < -0.3 is 19.9 Å². The number of urea groups is 1. The average molecular weight is 546 g/mol. The van der Waals surface area contributed by atoms with Crippen molar-refractivity contribution in [3.05, 3.63) is 84.8 Å². The Morgan fingerprint density at radius 1 is 0.805 bits per heavy atom. The third kappa shape index (κ3) is 4.89. The van der Waals surface area contributed by atoms with E-state index < -0.39 is 0 Å². The lowest BCUT2D eigenvalue weighted by Gasteiger charge is -2.35.